The van der Waals surface area contributed by atoms with Crippen LogP contribution in [-0.2, 0) is 4.74 Å². The molecule has 1 atom stereocenters. The Balaban J connectivity index is 2.40. The normalized spacial score (nSPS) is 11.9. The van der Waals surface area contributed by atoms with E-state index in [1.165, 1.54) is 37.8 Å². The molecule has 0 bridgehead atoms. The van der Waals surface area contributed by atoms with Gasteiger partial charge in [-0.25, -0.2) is 9.59 Å². The van der Waals surface area contributed by atoms with E-state index in [2.05, 4.69) is 6.92 Å². The van der Waals surface area contributed by atoms with Crippen molar-refractivity contribution in [2.45, 2.75) is 64.9 Å². The fourth-order valence-electron chi connectivity index (χ4n) is 2.36. The Morgan fingerprint density at radius 3 is 2.27 bits per heavy atom. The van der Waals surface area contributed by atoms with Crippen molar-refractivity contribution in [2.75, 3.05) is 0 Å². The van der Waals surface area contributed by atoms with Gasteiger partial charge in [-0.2, -0.15) is 0 Å². The van der Waals surface area contributed by atoms with Crippen LogP contribution in [0.15, 0.2) is 24.3 Å². The lowest BCUT2D eigenvalue weighted by Crippen LogP contribution is -2.17. The molecule has 4 heteroatoms. The minimum absolute atomic E-state index is 0.0146. The number of benzene rings is 1. The lowest BCUT2D eigenvalue weighted by Gasteiger charge is -2.14. The molecule has 0 heterocycles. The summed E-state index contributed by atoms with van der Waals surface area (Å²) in [4.78, 5) is 23.2. The Bertz CT molecular complexity index is 482. The van der Waals surface area contributed by atoms with Gasteiger partial charge in [0.15, 0.2) is 0 Å². The van der Waals surface area contributed by atoms with Crippen LogP contribution in [0.4, 0.5) is 0 Å². The summed E-state index contributed by atoms with van der Waals surface area (Å²) < 4.78 is 5.35. The Labute approximate surface area is 132 Å². The van der Waals surface area contributed by atoms with Gasteiger partial charge in [0, 0.05) is 0 Å². The maximum absolute atomic E-state index is 12.1. The van der Waals surface area contributed by atoms with E-state index < -0.39 is 11.9 Å². The van der Waals surface area contributed by atoms with Crippen LogP contribution in [0.3, 0.4) is 0 Å². The number of carboxylic acids is 1. The number of esters is 1. The Hall–Kier alpha value is -1.84. The maximum atomic E-state index is 12.1. The molecule has 0 saturated heterocycles. The number of carbonyl (C=O) groups excluding carboxylic acids is 1. The summed E-state index contributed by atoms with van der Waals surface area (Å²) in [6.45, 7) is 4.05. The van der Waals surface area contributed by atoms with Crippen molar-refractivity contribution in [3.05, 3.63) is 35.4 Å². The highest BCUT2D eigenvalue weighted by Gasteiger charge is 2.18. The van der Waals surface area contributed by atoms with Crippen molar-refractivity contribution < 1.29 is 19.4 Å². The van der Waals surface area contributed by atoms with E-state index >= 15 is 0 Å². The molecule has 1 aromatic rings. The van der Waals surface area contributed by atoms with E-state index in [1.54, 1.807) is 12.1 Å². The number of aromatic carboxylic acids is 1. The van der Waals surface area contributed by atoms with Crippen molar-refractivity contribution in [2.24, 2.45) is 0 Å². The first kappa shape index (κ1) is 18.2. The molecule has 0 spiro atoms. The maximum Gasteiger partial charge on any atom is 0.339 e. The van der Waals surface area contributed by atoms with E-state index in [0.717, 1.165) is 19.3 Å². The monoisotopic (exact) mass is 306 g/mol. The first-order valence-corrected chi connectivity index (χ1v) is 8.09. The molecule has 1 aromatic carbocycles. The summed E-state index contributed by atoms with van der Waals surface area (Å²) in [7, 11) is 0. The number of unbranched alkanes of at least 4 members (excludes halogenated alkanes) is 5. The first-order valence-electron chi connectivity index (χ1n) is 8.09. The standard InChI is InChI=1S/C18H26O4/c1-3-4-5-6-7-8-11-14(2)22-18(21)16-13-10-9-12-15(16)17(19)20/h9-10,12-14H,3-8,11H2,1-2H3,(H,19,20)/t14-/m1/s1. The molecule has 0 aliphatic carbocycles. The molecule has 0 saturated carbocycles. The van der Waals surface area contributed by atoms with Crippen LogP contribution in [0, 0.1) is 0 Å². The van der Waals surface area contributed by atoms with Gasteiger partial charge in [-0.05, 0) is 31.9 Å². The highest BCUT2D eigenvalue weighted by atomic mass is 16.5. The van der Waals surface area contributed by atoms with Crippen LogP contribution in [-0.4, -0.2) is 23.1 Å². The van der Waals surface area contributed by atoms with Crippen molar-refractivity contribution >= 4 is 11.9 Å². The van der Waals surface area contributed by atoms with Gasteiger partial charge >= 0.3 is 11.9 Å². The fourth-order valence-corrected chi connectivity index (χ4v) is 2.36. The largest absolute Gasteiger partial charge is 0.478 e. The van der Waals surface area contributed by atoms with Gasteiger partial charge in [0.05, 0.1) is 17.2 Å². The molecule has 0 aromatic heterocycles. The molecule has 4 nitrogen and oxygen atoms in total. The topological polar surface area (TPSA) is 63.6 Å². The Morgan fingerprint density at radius 2 is 1.64 bits per heavy atom. The summed E-state index contributed by atoms with van der Waals surface area (Å²) >= 11 is 0. The van der Waals surface area contributed by atoms with Gasteiger partial charge in [-0.1, -0.05) is 51.2 Å². The van der Waals surface area contributed by atoms with Crippen LogP contribution in [0.2, 0.25) is 0 Å². The molecule has 0 unspecified atom stereocenters. The van der Waals surface area contributed by atoms with E-state index in [9.17, 15) is 9.59 Å². The summed E-state index contributed by atoms with van der Waals surface area (Å²) in [6.07, 6.45) is 7.78. The molecular formula is C18H26O4. The third-order valence-corrected chi connectivity index (χ3v) is 3.65. The molecule has 0 aliphatic heterocycles. The minimum Gasteiger partial charge on any atom is -0.478 e. The Kier molecular flexibility index (Phi) is 8.26. The molecule has 0 amide bonds. The number of hydrogen-bond acceptors (Lipinski definition) is 3. The van der Waals surface area contributed by atoms with Crippen molar-refractivity contribution in [1.82, 2.24) is 0 Å². The predicted octanol–water partition coefficient (Wildman–Crippen LogP) is 4.68. The molecule has 1 rings (SSSR count). The fraction of sp³-hybridized carbons (Fsp3) is 0.556. The zero-order valence-electron chi connectivity index (χ0n) is 13.5. The van der Waals surface area contributed by atoms with Crippen molar-refractivity contribution in [3.63, 3.8) is 0 Å². The van der Waals surface area contributed by atoms with Crippen LogP contribution in [0.1, 0.15) is 79.5 Å². The minimum atomic E-state index is -1.11. The van der Waals surface area contributed by atoms with E-state index in [0.29, 0.717) is 0 Å². The van der Waals surface area contributed by atoms with Gasteiger partial charge in [0.2, 0.25) is 0 Å². The smallest absolute Gasteiger partial charge is 0.339 e. The molecule has 0 fully saturated rings. The van der Waals surface area contributed by atoms with Gasteiger partial charge < -0.3 is 9.84 Å². The number of carboxylic acid groups (broad SMARTS) is 1. The van der Waals surface area contributed by atoms with Crippen molar-refractivity contribution in [1.29, 1.82) is 0 Å². The summed E-state index contributed by atoms with van der Waals surface area (Å²) in [5, 5.41) is 9.09. The first-order chi connectivity index (χ1) is 10.6. The predicted molar refractivity (Wildman–Crippen MR) is 86.3 cm³/mol. The average molecular weight is 306 g/mol. The second kappa shape index (κ2) is 9.98. The third-order valence-electron chi connectivity index (χ3n) is 3.65. The van der Waals surface area contributed by atoms with Crippen LogP contribution in [0.5, 0.6) is 0 Å². The van der Waals surface area contributed by atoms with Crippen LogP contribution >= 0.6 is 0 Å². The van der Waals surface area contributed by atoms with Crippen LogP contribution < -0.4 is 0 Å². The number of ether oxygens (including phenoxy) is 1. The zero-order chi connectivity index (χ0) is 16.4. The van der Waals surface area contributed by atoms with Gasteiger partial charge in [0.25, 0.3) is 0 Å². The molecule has 0 radical (unpaired) electrons. The highest BCUT2D eigenvalue weighted by molar-refractivity contribution is 6.02. The van der Waals surface area contributed by atoms with Crippen LogP contribution in [0.25, 0.3) is 0 Å². The molecule has 122 valence electrons. The lowest BCUT2D eigenvalue weighted by atomic mass is 10.1. The molecule has 1 N–H and O–H groups in total. The van der Waals surface area contributed by atoms with E-state index in [-0.39, 0.29) is 17.2 Å². The molecular weight excluding hydrogens is 280 g/mol. The average Bonchev–Trinajstić information content (AvgIpc) is 2.50. The van der Waals surface area contributed by atoms with E-state index in [1.807, 2.05) is 6.92 Å². The molecule has 0 aliphatic rings. The quantitative estimate of drug-likeness (QED) is 0.503. The summed E-state index contributed by atoms with van der Waals surface area (Å²) in [6, 6.07) is 6.14. The zero-order valence-corrected chi connectivity index (χ0v) is 13.5. The van der Waals surface area contributed by atoms with E-state index in [4.69, 9.17) is 9.84 Å². The highest BCUT2D eigenvalue weighted by Crippen LogP contribution is 2.14. The van der Waals surface area contributed by atoms with Gasteiger partial charge in [-0.3, -0.25) is 0 Å². The third kappa shape index (κ3) is 6.29. The van der Waals surface area contributed by atoms with Crippen molar-refractivity contribution in [3.8, 4) is 0 Å². The number of hydrogen-bond donors (Lipinski definition) is 1. The number of rotatable bonds is 10. The second-order valence-corrected chi connectivity index (χ2v) is 5.62. The molecule has 22 heavy (non-hydrogen) atoms. The lowest BCUT2D eigenvalue weighted by molar-refractivity contribution is 0.0313. The van der Waals surface area contributed by atoms with Gasteiger partial charge in [0.1, 0.15) is 0 Å². The summed E-state index contributed by atoms with van der Waals surface area (Å²) in [5.41, 5.74) is 0.101. The summed E-state index contributed by atoms with van der Waals surface area (Å²) in [5.74, 6) is -1.67. The number of carbonyl (C=O) groups is 2. The Morgan fingerprint density at radius 1 is 1.05 bits per heavy atom. The van der Waals surface area contributed by atoms with Gasteiger partial charge in [-0.15, -0.1) is 0 Å². The second-order valence-electron chi connectivity index (χ2n) is 5.62. The SMILES string of the molecule is CCCCCCCC[C@@H](C)OC(=O)c1ccccc1C(=O)O.